The van der Waals surface area contributed by atoms with Crippen molar-refractivity contribution in [1.82, 2.24) is 14.3 Å². The van der Waals surface area contributed by atoms with Gasteiger partial charge in [-0.2, -0.15) is 4.31 Å². The van der Waals surface area contributed by atoms with E-state index >= 15 is 0 Å². The van der Waals surface area contributed by atoms with Crippen LogP contribution < -0.4 is 10.2 Å². The number of aromatic nitrogens is 2. The first-order valence-electron chi connectivity index (χ1n) is 10.4. The Labute approximate surface area is 196 Å². The van der Waals surface area contributed by atoms with Crippen molar-refractivity contribution in [2.24, 2.45) is 0 Å². The minimum atomic E-state index is -3.70. The fourth-order valence-electron chi connectivity index (χ4n) is 3.74. The number of anilines is 2. The van der Waals surface area contributed by atoms with Crippen molar-refractivity contribution < 1.29 is 18.1 Å². The summed E-state index contributed by atoms with van der Waals surface area (Å²) in [6, 6.07) is 10.1. The highest BCUT2D eigenvalue weighted by Crippen LogP contribution is 2.24. The number of piperazine rings is 1. The van der Waals surface area contributed by atoms with E-state index in [1.54, 1.807) is 18.6 Å². The lowest BCUT2D eigenvalue weighted by molar-refractivity contribution is -0.385. The summed E-state index contributed by atoms with van der Waals surface area (Å²) in [7, 11) is -3.70. The molecule has 0 radical (unpaired) electrons. The molecule has 1 saturated heterocycles. The third-order valence-corrected chi connectivity index (χ3v) is 7.52. The van der Waals surface area contributed by atoms with E-state index in [1.807, 2.05) is 4.90 Å². The molecule has 0 unspecified atom stereocenters. The first-order chi connectivity index (χ1) is 16.3. The van der Waals surface area contributed by atoms with Gasteiger partial charge in [-0.3, -0.25) is 19.9 Å². The quantitative estimate of drug-likeness (QED) is 0.418. The molecular formula is C22H22N6O5S. The molecule has 1 aliphatic heterocycles. The summed E-state index contributed by atoms with van der Waals surface area (Å²) in [6.45, 7) is 3.11. The molecule has 1 aliphatic rings. The predicted molar refractivity (Wildman–Crippen MR) is 125 cm³/mol. The van der Waals surface area contributed by atoms with E-state index in [9.17, 15) is 23.3 Å². The van der Waals surface area contributed by atoms with Gasteiger partial charge in [0, 0.05) is 61.5 Å². The minimum absolute atomic E-state index is 0.116. The molecule has 0 atom stereocenters. The van der Waals surface area contributed by atoms with Crippen molar-refractivity contribution in [3.63, 3.8) is 0 Å². The van der Waals surface area contributed by atoms with Crippen LogP contribution in [0.2, 0.25) is 0 Å². The average Bonchev–Trinajstić information content (AvgIpc) is 2.85. The second-order valence-corrected chi connectivity index (χ2v) is 9.58. The van der Waals surface area contributed by atoms with Gasteiger partial charge in [-0.1, -0.05) is 6.07 Å². The molecule has 1 fully saturated rings. The molecule has 34 heavy (non-hydrogen) atoms. The van der Waals surface area contributed by atoms with Gasteiger partial charge in [-0.05, 0) is 37.3 Å². The maximum Gasteiger partial charge on any atom is 0.273 e. The number of benzene rings is 2. The number of nitrogens with one attached hydrogen (secondary N) is 1. The summed E-state index contributed by atoms with van der Waals surface area (Å²) in [5, 5.41) is 13.8. The molecule has 3 aromatic rings. The van der Waals surface area contributed by atoms with E-state index in [1.165, 1.54) is 53.7 Å². The van der Waals surface area contributed by atoms with Crippen LogP contribution in [0.5, 0.6) is 0 Å². The van der Waals surface area contributed by atoms with Gasteiger partial charge in [0.15, 0.2) is 0 Å². The number of rotatable bonds is 6. The zero-order valence-corrected chi connectivity index (χ0v) is 19.1. The van der Waals surface area contributed by atoms with Crippen LogP contribution in [-0.4, -0.2) is 59.7 Å². The first-order valence-corrected chi connectivity index (χ1v) is 11.9. The summed E-state index contributed by atoms with van der Waals surface area (Å²) < 4.78 is 27.5. The number of nitro groups is 1. The molecule has 0 bridgehead atoms. The number of hydrogen-bond donors (Lipinski definition) is 1. The SMILES string of the molecule is Cc1c(C(=O)Nc2ccc(S(=O)(=O)N3CCN(c4cnccn4)CC3)cc2)cccc1[N+](=O)[O-]. The maximum absolute atomic E-state index is 13.1. The molecule has 0 saturated carbocycles. The Morgan fingerprint density at radius 1 is 1.06 bits per heavy atom. The number of sulfonamides is 1. The molecule has 1 aromatic heterocycles. The molecule has 11 nitrogen and oxygen atoms in total. The molecule has 2 heterocycles. The number of amides is 1. The first kappa shape index (κ1) is 23.3. The number of carbonyl (C=O) groups is 1. The van der Waals surface area contributed by atoms with Gasteiger partial charge in [0.25, 0.3) is 11.6 Å². The van der Waals surface area contributed by atoms with Gasteiger partial charge in [-0.15, -0.1) is 0 Å². The van der Waals surface area contributed by atoms with Crippen LogP contribution in [0.1, 0.15) is 15.9 Å². The van der Waals surface area contributed by atoms with Crippen LogP contribution in [0, 0.1) is 17.0 Å². The van der Waals surface area contributed by atoms with Gasteiger partial charge < -0.3 is 10.2 Å². The van der Waals surface area contributed by atoms with Crippen LogP contribution >= 0.6 is 0 Å². The molecule has 4 rings (SSSR count). The van der Waals surface area contributed by atoms with E-state index in [4.69, 9.17) is 0 Å². The average molecular weight is 483 g/mol. The highest BCUT2D eigenvalue weighted by atomic mass is 32.2. The van der Waals surface area contributed by atoms with Crippen molar-refractivity contribution in [3.8, 4) is 0 Å². The largest absolute Gasteiger partial charge is 0.353 e. The summed E-state index contributed by atoms with van der Waals surface area (Å²) in [6.07, 6.45) is 4.83. The van der Waals surface area contributed by atoms with E-state index in [0.717, 1.165) is 0 Å². The van der Waals surface area contributed by atoms with Crippen molar-refractivity contribution in [1.29, 1.82) is 0 Å². The lowest BCUT2D eigenvalue weighted by Crippen LogP contribution is -2.48. The third-order valence-electron chi connectivity index (χ3n) is 5.61. The second-order valence-electron chi connectivity index (χ2n) is 7.64. The predicted octanol–water partition coefficient (Wildman–Crippen LogP) is 2.46. The van der Waals surface area contributed by atoms with E-state index in [-0.39, 0.29) is 21.7 Å². The Bertz CT molecular complexity index is 1310. The summed E-state index contributed by atoms with van der Waals surface area (Å²) in [5.41, 5.74) is 0.660. The Kier molecular flexibility index (Phi) is 6.52. The van der Waals surface area contributed by atoms with Gasteiger partial charge in [0.05, 0.1) is 16.0 Å². The lowest BCUT2D eigenvalue weighted by atomic mass is 10.1. The fraction of sp³-hybridized carbons (Fsp3) is 0.227. The Morgan fingerprint density at radius 2 is 1.76 bits per heavy atom. The number of nitrogens with zero attached hydrogens (tertiary/aromatic N) is 5. The zero-order chi connectivity index (χ0) is 24.3. The van der Waals surface area contributed by atoms with Gasteiger partial charge in [-0.25, -0.2) is 13.4 Å². The Balaban J connectivity index is 1.43. The zero-order valence-electron chi connectivity index (χ0n) is 18.3. The fourth-order valence-corrected chi connectivity index (χ4v) is 5.16. The normalized spacial score (nSPS) is 14.6. The summed E-state index contributed by atoms with van der Waals surface area (Å²) in [4.78, 5) is 33.6. The highest BCUT2D eigenvalue weighted by Gasteiger charge is 2.29. The van der Waals surface area contributed by atoms with Crippen LogP contribution in [0.4, 0.5) is 17.2 Å². The van der Waals surface area contributed by atoms with Crippen molar-refractivity contribution in [3.05, 3.63) is 82.3 Å². The monoisotopic (exact) mass is 482 g/mol. The van der Waals surface area contributed by atoms with Crippen molar-refractivity contribution >= 4 is 33.1 Å². The topological polar surface area (TPSA) is 139 Å². The van der Waals surface area contributed by atoms with Crippen LogP contribution in [0.3, 0.4) is 0 Å². The Hall–Kier alpha value is -3.90. The van der Waals surface area contributed by atoms with Crippen LogP contribution in [-0.2, 0) is 10.0 Å². The van der Waals surface area contributed by atoms with Crippen LogP contribution in [0.25, 0.3) is 0 Å². The van der Waals surface area contributed by atoms with Gasteiger partial charge in [0.2, 0.25) is 10.0 Å². The number of hydrogen-bond acceptors (Lipinski definition) is 8. The van der Waals surface area contributed by atoms with Crippen LogP contribution in [0.15, 0.2) is 66.0 Å². The van der Waals surface area contributed by atoms with Crippen molar-refractivity contribution in [2.45, 2.75) is 11.8 Å². The van der Waals surface area contributed by atoms with Gasteiger partial charge >= 0.3 is 0 Å². The lowest BCUT2D eigenvalue weighted by Gasteiger charge is -2.34. The van der Waals surface area contributed by atoms with E-state index < -0.39 is 20.9 Å². The second kappa shape index (κ2) is 9.53. The standard InChI is InChI=1S/C22H22N6O5S/c1-16-19(3-2-4-20(16)28(30)31)22(29)25-17-5-7-18(8-6-17)34(32,33)27-13-11-26(12-14-27)21-15-23-9-10-24-21/h2-10,15H,11-14H2,1H3,(H,25,29). The van der Waals surface area contributed by atoms with Gasteiger partial charge in [0.1, 0.15) is 5.82 Å². The molecule has 176 valence electrons. The maximum atomic E-state index is 13.1. The molecule has 2 aromatic carbocycles. The summed E-state index contributed by atoms with van der Waals surface area (Å²) in [5.74, 6) is 0.190. The van der Waals surface area contributed by atoms with E-state index in [2.05, 4.69) is 15.3 Å². The molecule has 0 spiro atoms. The molecular weight excluding hydrogens is 460 g/mol. The number of carbonyl (C=O) groups excluding carboxylic acids is 1. The van der Waals surface area contributed by atoms with E-state index in [0.29, 0.717) is 37.7 Å². The smallest absolute Gasteiger partial charge is 0.273 e. The van der Waals surface area contributed by atoms with Crippen molar-refractivity contribution in [2.75, 3.05) is 36.4 Å². The molecule has 12 heteroatoms. The molecule has 1 N–H and O–H groups in total. The number of nitro benzene ring substituents is 1. The summed E-state index contributed by atoms with van der Waals surface area (Å²) >= 11 is 0. The molecule has 0 aliphatic carbocycles. The third kappa shape index (κ3) is 4.72. The molecule has 1 amide bonds. The minimum Gasteiger partial charge on any atom is -0.353 e. The Morgan fingerprint density at radius 3 is 2.38 bits per heavy atom. The highest BCUT2D eigenvalue weighted by molar-refractivity contribution is 7.89.